The topological polar surface area (TPSA) is 78.9 Å². The summed E-state index contributed by atoms with van der Waals surface area (Å²) in [4.78, 5) is 36.8. The predicted octanol–water partition coefficient (Wildman–Crippen LogP) is -3.34. The molecule has 3 radical (unpaired) electrons. The average Bonchev–Trinajstić information content (AvgIpc) is 2.02. The van der Waals surface area contributed by atoms with E-state index < -0.39 is 17.9 Å². The maximum Gasteiger partial charge on any atom is 1.00 e. The van der Waals surface area contributed by atoms with E-state index in [1.807, 2.05) is 0 Å². The molecule has 0 rings (SSSR count). The van der Waals surface area contributed by atoms with Gasteiger partial charge in [0.15, 0.2) is 0 Å². The molecule has 73 valence electrons. The molecule has 0 bridgehead atoms. The third kappa shape index (κ3) is 30.0. The first-order valence-electron chi connectivity index (χ1n) is 3.13. The predicted molar refractivity (Wildman–Crippen MR) is 41.1 cm³/mol. The van der Waals surface area contributed by atoms with Crippen LogP contribution in [0.3, 0.4) is 0 Å². The van der Waals surface area contributed by atoms with E-state index in [2.05, 4.69) is 22.5 Å². The van der Waals surface area contributed by atoms with Crippen molar-refractivity contribution in [2.45, 2.75) is 20.8 Å². The molecule has 0 aliphatic carbocycles. The molecule has 0 heterocycles. The minimum atomic E-state index is -0.639. The van der Waals surface area contributed by atoms with Gasteiger partial charge >= 0.3 is 41.5 Å². The summed E-state index contributed by atoms with van der Waals surface area (Å²) >= 11 is 0. The van der Waals surface area contributed by atoms with Crippen molar-refractivity contribution in [1.82, 2.24) is 0 Å². The Balaban J connectivity index is -0.000000177. The molecular weight excluding hydrogens is 202 g/mol. The van der Waals surface area contributed by atoms with Gasteiger partial charge in [-0.05, 0) is 0 Å². The maximum absolute atomic E-state index is 9.85. The van der Waals surface area contributed by atoms with Crippen LogP contribution in [-0.4, -0.2) is 26.0 Å². The first-order chi connectivity index (χ1) is 5.90. The SMILES string of the molecule is CC(=O)OOC(C)=O.[B-]OC(C)=O.[Na+]. The van der Waals surface area contributed by atoms with Gasteiger partial charge in [-0.1, -0.05) is 0 Å². The zero-order valence-corrected chi connectivity index (χ0v) is 10.5. The van der Waals surface area contributed by atoms with Gasteiger partial charge in [-0.2, -0.15) is 0 Å². The van der Waals surface area contributed by atoms with Crippen LogP contribution in [0.1, 0.15) is 20.8 Å². The van der Waals surface area contributed by atoms with Crippen molar-refractivity contribution in [3.05, 3.63) is 0 Å². The van der Waals surface area contributed by atoms with Gasteiger partial charge in [-0.15, -0.1) is 0 Å². The standard InChI is InChI=1S/C4H6O4.C2H3BO2.Na/c1-3(5)7-8-4(2)6;1-2(4)5-3;/h1-2H3;1H3;/q;-1;+1. The molecule has 0 aliphatic heterocycles. The second kappa shape index (κ2) is 12.5. The van der Waals surface area contributed by atoms with Crippen LogP contribution < -0.4 is 29.6 Å². The van der Waals surface area contributed by atoms with Gasteiger partial charge in [0.2, 0.25) is 5.97 Å². The molecule has 14 heavy (non-hydrogen) atoms. The van der Waals surface area contributed by atoms with Gasteiger partial charge in [0.05, 0.1) is 0 Å². The van der Waals surface area contributed by atoms with E-state index >= 15 is 0 Å². The molecule has 0 aromatic carbocycles. The summed E-state index contributed by atoms with van der Waals surface area (Å²) in [5.41, 5.74) is 0. The van der Waals surface area contributed by atoms with Gasteiger partial charge in [0, 0.05) is 20.8 Å². The van der Waals surface area contributed by atoms with Crippen LogP contribution in [0.4, 0.5) is 0 Å². The molecule has 8 heteroatoms. The second-order valence-corrected chi connectivity index (χ2v) is 1.76. The van der Waals surface area contributed by atoms with Crippen molar-refractivity contribution in [3.8, 4) is 0 Å². The number of rotatable bonds is 0. The molecule has 0 saturated carbocycles. The molecular formula is C6H9BNaO6. The molecule has 0 aromatic rings. The number of carbonyl (C=O) groups is 3. The number of carbonyl (C=O) groups excluding carboxylic acids is 3. The molecule has 6 nitrogen and oxygen atoms in total. The first kappa shape index (κ1) is 19.1. The van der Waals surface area contributed by atoms with E-state index in [0.29, 0.717) is 0 Å². The molecule has 0 saturated heterocycles. The normalized spacial score (nSPS) is 6.86. The Morgan fingerprint density at radius 2 is 1.07 bits per heavy atom. The van der Waals surface area contributed by atoms with Gasteiger partial charge in [-0.25, -0.2) is 19.4 Å². The molecule has 0 fully saturated rings. The van der Waals surface area contributed by atoms with Gasteiger partial charge in [-0.3, -0.25) is 4.79 Å². The van der Waals surface area contributed by atoms with Gasteiger partial charge in [0.25, 0.3) is 0 Å². The van der Waals surface area contributed by atoms with E-state index in [9.17, 15) is 14.4 Å². The zero-order valence-electron chi connectivity index (χ0n) is 8.53. The molecule has 0 aliphatic rings. The van der Waals surface area contributed by atoms with Crippen molar-refractivity contribution < 1.29 is 58.4 Å². The Morgan fingerprint density at radius 1 is 0.857 bits per heavy atom. The van der Waals surface area contributed by atoms with E-state index in [4.69, 9.17) is 0 Å². The van der Waals surface area contributed by atoms with E-state index in [1.165, 1.54) is 6.92 Å². The van der Waals surface area contributed by atoms with E-state index in [1.54, 1.807) is 0 Å². The van der Waals surface area contributed by atoms with Crippen LogP contribution in [0.25, 0.3) is 0 Å². The fourth-order valence-electron chi connectivity index (χ4n) is 0.117. The smallest absolute Gasteiger partial charge is 0.793 e. The van der Waals surface area contributed by atoms with Crippen molar-refractivity contribution in [2.24, 2.45) is 0 Å². The second-order valence-electron chi connectivity index (χ2n) is 1.76. The molecule has 0 unspecified atom stereocenters. The number of hydrogen-bond donors (Lipinski definition) is 0. The average molecular weight is 211 g/mol. The Bertz CT molecular complexity index is 181. The zero-order chi connectivity index (χ0) is 10.9. The van der Waals surface area contributed by atoms with E-state index in [0.717, 1.165) is 13.8 Å². The Hall–Kier alpha value is -0.525. The summed E-state index contributed by atoms with van der Waals surface area (Å²) in [5.74, 6) is -1.74. The van der Waals surface area contributed by atoms with E-state index in [-0.39, 0.29) is 29.6 Å². The van der Waals surface area contributed by atoms with Gasteiger partial charge in [0.1, 0.15) is 0 Å². The van der Waals surface area contributed by atoms with Gasteiger partial charge < -0.3 is 12.7 Å². The minimum Gasteiger partial charge on any atom is -0.793 e. The number of hydrogen-bond acceptors (Lipinski definition) is 6. The maximum atomic E-state index is 9.85. The Kier molecular flexibility index (Phi) is 17.0. The molecule has 0 atom stereocenters. The van der Waals surface area contributed by atoms with Crippen LogP contribution in [0, 0.1) is 0 Å². The fraction of sp³-hybridized carbons (Fsp3) is 0.500. The Morgan fingerprint density at radius 3 is 1.14 bits per heavy atom. The van der Waals surface area contributed by atoms with Crippen LogP contribution in [0.15, 0.2) is 0 Å². The first-order valence-corrected chi connectivity index (χ1v) is 3.13. The summed E-state index contributed by atoms with van der Waals surface area (Å²) in [6.07, 6.45) is 0. The summed E-state index contributed by atoms with van der Waals surface area (Å²) in [5, 5.41) is 0. The van der Waals surface area contributed by atoms with Crippen molar-refractivity contribution in [3.63, 3.8) is 0 Å². The summed E-state index contributed by atoms with van der Waals surface area (Å²) in [6.45, 7) is 3.52. The summed E-state index contributed by atoms with van der Waals surface area (Å²) < 4.78 is 3.61. The third-order valence-electron chi connectivity index (χ3n) is 0.442. The largest absolute Gasteiger partial charge is 1.00 e. The fourth-order valence-corrected chi connectivity index (χ4v) is 0.117. The van der Waals surface area contributed by atoms with Crippen LogP contribution in [0.2, 0.25) is 0 Å². The third-order valence-corrected chi connectivity index (χ3v) is 0.442. The Labute approximate surface area is 105 Å². The van der Waals surface area contributed by atoms with Crippen molar-refractivity contribution in [1.29, 1.82) is 0 Å². The summed E-state index contributed by atoms with van der Waals surface area (Å²) in [7, 11) is 4.32. The van der Waals surface area contributed by atoms with Crippen molar-refractivity contribution >= 4 is 26.0 Å². The summed E-state index contributed by atoms with van der Waals surface area (Å²) in [6, 6.07) is 0. The van der Waals surface area contributed by atoms with Crippen molar-refractivity contribution in [2.75, 3.05) is 0 Å². The molecule has 0 spiro atoms. The molecule has 0 N–H and O–H groups in total. The molecule has 0 amide bonds. The monoisotopic (exact) mass is 211 g/mol. The van der Waals surface area contributed by atoms with Crippen LogP contribution in [0.5, 0.6) is 0 Å². The molecule has 0 aromatic heterocycles. The van der Waals surface area contributed by atoms with Crippen LogP contribution in [-0.2, 0) is 28.8 Å². The quantitative estimate of drug-likeness (QED) is 0.237. The minimum absolute atomic E-state index is 0. The van der Waals surface area contributed by atoms with Crippen LogP contribution >= 0.6 is 0 Å².